The summed E-state index contributed by atoms with van der Waals surface area (Å²) in [4.78, 5) is 28.2. The number of allylic oxidation sites excluding steroid dienone is 1. The highest BCUT2D eigenvalue weighted by molar-refractivity contribution is 6.42. The Morgan fingerprint density at radius 2 is 1.97 bits per heavy atom. The van der Waals surface area contributed by atoms with Gasteiger partial charge in [-0.05, 0) is 36.6 Å². The first-order valence-electron chi connectivity index (χ1n) is 11.3. The number of aliphatic hydroxyl groups excluding tert-OH is 1. The molecule has 6 nitrogen and oxygen atoms in total. The van der Waals surface area contributed by atoms with Gasteiger partial charge in [0.1, 0.15) is 12.4 Å². The average Bonchev–Trinajstić information content (AvgIpc) is 2.85. The topological polar surface area (TPSA) is 76.1 Å². The summed E-state index contributed by atoms with van der Waals surface area (Å²) < 4.78 is 11.1. The van der Waals surface area contributed by atoms with E-state index in [0.29, 0.717) is 39.2 Å². The van der Waals surface area contributed by atoms with E-state index in [1.54, 1.807) is 49.3 Å². The van der Waals surface area contributed by atoms with Crippen molar-refractivity contribution in [1.29, 1.82) is 0 Å². The van der Waals surface area contributed by atoms with Crippen LogP contribution in [0.2, 0.25) is 10.0 Å². The number of halogens is 2. The minimum Gasteiger partial charge on any atom is -0.496 e. The molecule has 8 heteroatoms. The van der Waals surface area contributed by atoms with Gasteiger partial charge in [-0.2, -0.15) is 0 Å². The number of carbonyl (C=O) groups is 2. The summed E-state index contributed by atoms with van der Waals surface area (Å²) in [5.41, 5.74) is 2.38. The van der Waals surface area contributed by atoms with Gasteiger partial charge in [0.2, 0.25) is 5.91 Å². The van der Waals surface area contributed by atoms with Gasteiger partial charge in [0, 0.05) is 30.1 Å². The fourth-order valence-electron chi connectivity index (χ4n) is 4.20. The number of aliphatic hydroxyl groups is 1. The van der Waals surface area contributed by atoms with Crippen molar-refractivity contribution in [2.24, 2.45) is 5.92 Å². The van der Waals surface area contributed by atoms with Crippen molar-refractivity contribution in [2.75, 3.05) is 20.3 Å². The van der Waals surface area contributed by atoms with E-state index in [4.69, 9.17) is 37.8 Å². The number of nitrogens with zero attached hydrogens (tertiary/aromatic N) is 1. The van der Waals surface area contributed by atoms with Gasteiger partial charge in [0.25, 0.3) is 0 Å². The summed E-state index contributed by atoms with van der Waals surface area (Å²) in [6, 6.07) is 12.4. The van der Waals surface area contributed by atoms with Crippen molar-refractivity contribution in [2.45, 2.75) is 32.8 Å². The third-order valence-corrected chi connectivity index (χ3v) is 6.72. The highest BCUT2D eigenvalue weighted by Crippen LogP contribution is 2.39. The van der Waals surface area contributed by atoms with Crippen LogP contribution in [0, 0.1) is 5.92 Å². The Morgan fingerprint density at radius 1 is 1.23 bits per heavy atom. The largest absolute Gasteiger partial charge is 0.496 e. The molecule has 1 heterocycles. The van der Waals surface area contributed by atoms with Crippen LogP contribution in [0.1, 0.15) is 37.3 Å². The normalized spacial score (nSPS) is 17.1. The molecule has 0 bridgehead atoms. The van der Waals surface area contributed by atoms with E-state index >= 15 is 0 Å². The van der Waals surface area contributed by atoms with E-state index in [2.05, 4.69) is 0 Å². The number of esters is 1. The lowest BCUT2D eigenvalue weighted by molar-refractivity contribution is -0.141. The lowest BCUT2D eigenvalue weighted by Gasteiger charge is -2.35. The first-order chi connectivity index (χ1) is 16.8. The zero-order valence-electron chi connectivity index (χ0n) is 20.0. The molecule has 0 fully saturated rings. The fraction of sp³-hybridized carbons (Fsp3) is 0.333. The second-order valence-corrected chi connectivity index (χ2v) is 9.22. The molecule has 0 unspecified atom stereocenters. The first kappa shape index (κ1) is 26.8. The molecule has 2 atom stereocenters. The van der Waals surface area contributed by atoms with E-state index < -0.39 is 11.9 Å². The van der Waals surface area contributed by atoms with Crippen LogP contribution in [0.5, 0.6) is 5.75 Å². The predicted molar refractivity (Wildman–Crippen MR) is 136 cm³/mol. The second-order valence-electron chi connectivity index (χ2n) is 8.41. The Bertz CT molecular complexity index is 1140. The predicted octanol–water partition coefficient (Wildman–Crippen LogP) is 5.52. The molecule has 0 radical (unpaired) electrons. The molecular formula is C27H29Cl2NO5. The molecule has 1 aliphatic rings. The summed E-state index contributed by atoms with van der Waals surface area (Å²) in [6.45, 7) is 4.02. The summed E-state index contributed by atoms with van der Waals surface area (Å²) >= 11 is 12.3. The van der Waals surface area contributed by atoms with Crippen LogP contribution in [-0.2, 0) is 20.9 Å². The number of ether oxygens (including phenoxy) is 2. The minimum atomic E-state index is -0.526. The number of para-hydroxylation sites is 1. The molecule has 35 heavy (non-hydrogen) atoms. The molecule has 186 valence electrons. The number of rotatable bonds is 9. The SMILES string of the molecule is COc1ccccc1COC(=O)C1=C(C)N(C[C@H](C)/C=C\CO)C(=O)C[C@H]1c1ccc(Cl)c(Cl)c1. The summed E-state index contributed by atoms with van der Waals surface area (Å²) in [5, 5.41) is 9.81. The summed E-state index contributed by atoms with van der Waals surface area (Å²) in [6.07, 6.45) is 3.56. The van der Waals surface area contributed by atoms with Gasteiger partial charge in [0.05, 0.1) is 29.3 Å². The average molecular weight is 518 g/mol. The second kappa shape index (κ2) is 12.2. The van der Waals surface area contributed by atoms with Crippen LogP contribution in [0.25, 0.3) is 0 Å². The van der Waals surface area contributed by atoms with Gasteiger partial charge in [-0.15, -0.1) is 0 Å². The highest BCUT2D eigenvalue weighted by Gasteiger charge is 2.37. The molecule has 0 aliphatic carbocycles. The Balaban J connectivity index is 1.97. The number of hydrogen-bond donors (Lipinski definition) is 1. The van der Waals surface area contributed by atoms with Gasteiger partial charge in [-0.25, -0.2) is 4.79 Å². The van der Waals surface area contributed by atoms with Gasteiger partial charge < -0.3 is 19.5 Å². The maximum atomic E-state index is 13.5. The van der Waals surface area contributed by atoms with E-state index in [0.717, 1.165) is 5.56 Å². The highest BCUT2D eigenvalue weighted by atomic mass is 35.5. The number of hydrogen-bond acceptors (Lipinski definition) is 5. The van der Waals surface area contributed by atoms with Gasteiger partial charge >= 0.3 is 5.97 Å². The zero-order chi connectivity index (χ0) is 25.5. The molecule has 0 saturated carbocycles. The molecular weight excluding hydrogens is 489 g/mol. The van der Waals surface area contributed by atoms with E-state index in [-0.39, 0.29) is 31.5 Å². The van der Waals surface area contributed by atoms with E-state index in [1.165, 1.54) is 0 Å². The number of carbonyl (C=O) groups excluding carboxylic acids is 2. The van der Waals surface area contributed by atoms with Crippen LogP contribution in [0.15, 0.2) is 65.9 Å². The van der Waals surface area contributed by atoms with Crippen molar-refractivity contribution in [3.05, 3.63) is 87.1 Å². The van der Waals surface area contributed by atoms with Crippen molar-refractivity contribution in [3.8, 4) is 5.75 Å². The summed E-state index contributed by atoms with van der Waals surface area (Å²) in [5.74, 6) is -0.544. The number of benzene rings is 2. The van der Waals surface area contributed by atoms with Crippen LogP contribution in [-0.4, -0.2) is 42.1 Å². The third-order valence-electron chi connectivity index (χ3n) is 5.98. The molecule has 2 aromatic carbocycles. The lowest BCUT2D eigenvalue weighted by atomic mass is 9.83. The standard InChI is InChI=1S/C27H29Cl2NO5/c1-17(7-6-12-31)15-30-18(2)26(27(33)35-16-20-8-4-5-9-24(20)34-3)21(14-25(30)32)19-10-11-22(28)23(29)13-19/h4-11,13,17,21,31H,12,14-16H2,1-3H3/b7-6-/t17-,21+/m1/s1. The van der Waals surface area contributed by atoms with Crippen molar-refractivity contribution >= 4 is 35.1 Å². The van der Waals surface area contributed by atoms with E-state index in [9.17, 15) is 9.59 Å². The van der Waals surface area contributed by atoms with E-state index in [1.807, 2.05) is 31.2 Å². The Labute approximate surface area is 215 Å². The maximum Gasteiger partial charge on any atom is 0.336 e. The first-order valence-corrected chi connectivity index (χ1v) is 12.0. The maximum absolute atomic E-state index is 13.5. The molecule has 0 spiro atoms. The van der Waals surface area contributed by atoms with Crippen LogP contribution >= 0.6 is 23.2 Å². The van der Waals surface area contributed by atoms with Crippen molar-refractivity contribution in [1.82, 2.24) is 4.90 Å². The zero-order valence-corrected chi connectivity index (χ0v) is 21.5. The molecule has 1 N–H and O–H groups in total. The Morgan fingerprint density at radius 3 is 2.66 bits per heavy atom. The molecule has 3 rings (SSSR count). The smallest absolute Gasteiger partial charge is 0.336 e. The summed E-state index contributed by atoms with van der Waals surface area (Å²) in [7, 11) is 1.56. The van der Waals surface area contributed by atoms with Gasteiger partial charge in [-0.1, -0.05) is 66.5 Å². The van der Waals surface area contributed by atoms with Crippen molar-refractivity contribution in [3.63, 3.8) is 0 Å². The number of methoxy groups -OCH3 is 1. The van der Waals surface area contributed by atoms with Crippen molar-refractivity contribution < 1.29 is 24.2 Å². The monoisotopic (exact) mass is 517 g/mol. The number of amides is 1. The Hall–Kier alpha value is -2.80. The third kappa shape index (κ3) is 6.45. The fourth-order valence-corrected chi connectivity index (χ4v) is 4.51. The van der Waals surface area contributed by atoms with Crippen LogP contribution < -0.4 is 4.74 Å². The Kier molecular flexibility index (Phi) is 9.38. The molecule has 0 saturated heterocycles. The minimum absolute atomic E-state index is 0.0200. The quantitative estimate of drug-likeness (QED) is 0.350. The lowest BCUT2D eigenvalue weighted by Crippen LogP contribution is -2.40. The molecule has 1 amide bonds. The van der Waals surface area contributed by atoms with Crippen LogP contribution in [0.3, 0.4) is 0 Å². The molecule has 2 aromatic rings. The van der Waals surface area contributed by atoms with Crippen LogP contribution in [0.4, 0.5) is 0 Å². The molecule has 1 aliphatic heterocycles. The van der Waals surface area contributed by atoms with Gasteiger partial charge in [0.15, 0.2) is 0 Å². The molecule has 0 aromatic heterocycles. The van der Waals surface area contributed by atoms with Gasteiger partial charge in [-0.3, -0.25) is 4.79 Å².